The molecule has 1 atom stereocenters. The molecule has 0 bridgehead atoms. The molecule has 1 unspecified atom stereocenters. The zero-order valence-corrected chi connectivity index (χ0v) is 11.1. The molecule has 0 aliphatic rings. The van der Waals surface area contributed by atoms with Gasteiger partial charge in [-0.15, -0.1) is 11.3 Å². The monoisotopic (exact) mass is 226 g/mol. The van der Waals surface area contributed by atoms with Crippen molar-refractivity contribution in [1.82, 2.24) is 4.98 Å². The van der Waals surface area contributed by atoms with Crippen LogP contribution in [0, 0.1) is 13.8 Å². The van der Waals surface area contributed by atoms with Gasteiger partial charge in [0.25, 0.3) is 0 Å². The summed E-state index contributed by atoms with van der Waals surface area (Å²) in [6, 6.07) is 0. The Kier molecular flexibility index (Phi) is 4.29. The molecule has 3 heteroatoms. The van der Waals surface area contributed by atoms with Crippen LogP contribution in [-0.4, -0.2) is 4.98 Å². The van der Waals surface area contributed by atoms with E-state index in [1.165, 1.54) is 24.1 Å². The minimum absolute atomic E-state index is 0.237. The maximum Gasteiger partial charge on any atom is 0.113 e. The first-order valence-electron chi connectivity index (χ1n) is 5.70. The predicted molar refractivity (Wildman–Crippen MR) is 67.3 cm³/mol. The lowest BCUT2D eigenvalue weighted by atomic mass is 9.96. The first-order valence-corrected chi connectivity index (χ1v) is 6.52. The van der Waals surface area contributed by atoms with Crippen molar-refractivity contribution >= 4 is 11.3 Å². The van der Waals surface area contributed by atoms with E-state index in [-0.39, 0.29) is 5.54 Å². The highest BCUT2D eigenvalue weighted by atomic mass is 32.1. The molecule has 0 aromatic carbocycles. The van der Waals surface area contributed by atoms with E-state index in [2.05, 4.69) is 32.7 Å². The maximum atomic E-state index is 6.31. The Morgan fingerprint density at radius 2 is 2.00 bits per heavy atom. The normalized spacial score (nSPS) is 15.3. The van der Waals surface area contributed by atoms with E-state index in [0.717, 1.165) is 17.1 Å². The third-order valence-corrected chi connectivity index (χ3v) is 4.17. The fraction of sp³-hybridized carbons (Fsp3) is 0.750. The lowest BCUT2D eigenvalue weighted by Gasteiger charge is -2.21. The molecule has 0 spiro atoms. The van der Waals surface area contributed by atoms with E-state index < -0.39 is 0 Å². The largest absolute Gasteiger partial charge is 0.320 e. The lowest BCUT2D eigenvalue weighted by Crippen LogP contribution is -2.32. The molecule has 15 heavy (non-hydrogen) atoms. The van der Waals surface area contributed by atoms with Gasteiger partial charge in [-0.25, -0.2) is 4.98 Å². The van der Waals surface area contributed by atoms with E-state index in [1.807, 2.05) is 0 Å². The topological polar surface area (TPSA) is 38.9 Å². The Balaban J connectivity index is 2.67. The van der Waals surface area contributed by atoms with Gasteiger partial charge in [0, 0.05) is 4.88 Å². The Hall–Kier alpha value is -0.410. The van der Waals surface area contributed by atoms with Crippen LogP contribution in [0.2, 0.25) is 0 Å². The average molecular weight is 226 g/mol. The van der Waals surface area contributed by atoms with E-state index in [0.29, 0.717) is 0 Å². The second kappa shape index (κ2) is 5.08. The van der Waals surface area contributed by atoms with Crippen molar-refractivity contribution in [3.05, 3.63) is 15.6 Å². The van der Waals surface area contributed by atoms with Crippen LogP contribution in [0.4, 0.5) is 0 Å². The molecule has 1 aromatic heterocycles. The van der Waals surface area contributed by atoms with Gasteiger partial charge in [-0.3, -0.25) is 0 Å². The molecule has 2 nitrogen and oxygen atoms in total. The summed E-state index contributed by atoms with van der Waals surface area (Å²) in [5, 5.41) is 1.09. The van der Waals surface area contributed by atoms with Gasteiger partial charge in [-0.05, 0) is 27.2 Å². The first kappa shape index (κ1) is 12.7. The average Bonchev–Trinajstić information content (AvgIpc) is 2.48. The van der Waals surface area contributed by atoms with Crippen LogP contribution in [0.5, 0.6) is 0 Å². The number of aryl methyl sites for hydroxylation is 2. The molecule has 0 fully saturated rings. The van der Waals surface area contributed by atoms with Gasteiger partial charge >= 0.3 is 0 Å². The highest BCUT2D eigenvalue weighted by Gasteiger charge is 2.24. The van der Waals surface area contributed by atoms with Gasteiger partial charge in [0.1, 0.15) is 5.01 Å². The number of hydrogen-bond donors (Lipinski definition) is 1. The van der Waals surface area contributed by atoms with E-state index in [4.69, 9.17) is 5.73 Å². The summed E-state index contributed by atoms with van der Waals surface area (Å²) in [5.41, 5.74) is 7.20. The van der Waals surface area contributed by atoms with Crippen LogP contribution in [-0.2, 0) is 5.54 Å². The summed E-state index contributed by atoms with van der Waals surface area (Å²) in [6.45, 7) is 8.47. The van der Waals surface area contributed by atoms with Gasteiger partial charge < -0.3 is 5.73 Å². The fourth-order valence-electron chi connectivity index (χ4n) is 1.57. The standard InChI is InChI=1S/C12H22N2S/c1-5-6-7-8-12(4,13)11-14-9(2)10(3)15-11/h5-8,13H2,1-4H3. The number of thiazole rings is 1. The van der Waals surface area contributed by atoms with Gasteiger partial charge in [0.2, 0.25) is 0 Å². The second-order valence-electron chi connectivity index (χ2n) is 4.54. The summed E-state index contributed by atoms with van der Waals surface area (Å²) < 4.78 is 0. The molecule has 0 saturated heterocycles. The molecule has 1 heterocycles. The minimum Gasteiger partial charge on any atom is -0.320 e. The molecule has 0 saturated carbocycles. The number of nitrogens with zero attached hydrogens (tertiary/aromatic N) is 1. The molecule has 0 aliphatic carbocycles. The Morgan fingerprint density at radius 1 is 1.33 bits per heavy atom. The lowest BCUT2D eigenvalue weighted by molar-refractivity contribution is 0.425. The molecular weight excluding hydrogens is 204 g/mol. The Bertz CT molecular complexity index is 296. The SMILES string of the molecule is CCCCCC(C)(N)c1nc(C)c(C)s1. The Labute approximate surface area is 96.9 Å². The summed E-state index contributed by atoms with van der Waals surface area (Å²) in [6.07, 6.45) is 4.73. The molecule has 0 radical (unpaired) electrons. The number of hydrogen-bond acceptors (Lipinski definition) is 3. The van der Waals surface area contributed by atoms with Crippen LogP contribution in [0.15, 0.2) is 0 Å². The van der Waals surface area contributed by atoms with E-state index >= 15 is 0 Å². The van der Waals surface area contributed by atoms with Crippen molar-refractivity contribution in [2.75, 3.05) is 0 Å². The number of rotatable bonds is 5. The number of aromatic nitrogens is 1. The number of nitrogens with two attached hydrogens (primary N) is 1. The van der Waals surface area contributed by atoms with E-state index in [9.17, 15) is 0 Å². The molecular formula is C12H22N2S. The van der Waals surface area contributed by atoms with Crippen LogP contribution in [0.1, 0.15) is 55.1 Å². The fourth-order valence-corrected chi connectivity index (χ4v) is 2.57. The summed E-state index contributed by atoms with van der Waals surface area (Å²) >= 11 is 1.74. The van der Waals surface area contributed by atoms with Gasteiger partial charge in [0.15, 0.2) is 0 Å². The van der Waals surface area contributed by atoms with Crippen molar-refractivity contribution in [2.45, 2.75) is 58.9 Å². The molecule has 2 N–H and O–H groups in total. The zero-order valence-electron chi connectivity index (χ0n) is 10.3. The van der Waals surface area contributed by atoms with Crippen LogP contribution >= 0.6 is 11.3 Å². The third-order valence-electron chi connectivity index (χ3n) is 2.82. The molecule has 0 amide bonds. The van der Waals surface area contributed by atoms with Crippen molar-refractivity contribution in [3.8, 4) is 0 Å². The van der Waals surface area contributed by atoms with E-state index in [1.54, 1.807) is 11.3 Å². The summed E-state index contributed by atoms with van der Waals surface area (Å²) in [5.74, 6) is 0. The molecule has 86 valence electrons. The molecule has 0 aliphatic heterocycles. The van der Waals surface area contributed by atoms with Crippen molar-refractivity contribution < 1.29 is 0 Å². The van der Waals surface area contributed by atoms with Crippen LogP contribution < -0.4 is 5.73 Å². The number of unbranched alkanes of at least 4 members (excludes halogenated alkanes) is 2. The quantitative estimate of drug-likeness (QED) is 0.780. The predicted octanol–water partition coefficient (Wildman–Crippen LogP) is 3.51. The van der Waals surface area contributed by atoms with Crippen molar-refractivity contribution in [2.24, 2.45) is 5.73 Å². The van der Waals surface area contributed by atoms with Crippen LogP contribution in [0.25, 0.3) is 0 Å². The molecule has 1 rings (SSSR count). The first-order chi connectivity index (χ1) is 6.97. The van der Waals surface area contributed by atoms with Crippen LogP contribution in [0.3, 0.4) is 0 Å². The summed E-state index contributed by atoms with van der Waals surface area (Å²) in [4.78, 5) is 5.84. The summed E-state index contributed by atoms with van der Waals surface area (Å²) in [7, 11) is 0. The highest BCUT2D eigenvalue weighted by Crippen LogP contribution is 2.29. The highest BCUT2D eigenvalue weighted by molar-refractivity contribution is 7.11. The maximum absolute atomic E-state index is 6.31. The zero-order chi connectivity index (χ0) is 11.5. The van der Waals surface area contributed by atoms with Crippen molar-refractivity contribution in [1.29, 1.82) is 0 Å². The van der Waals surface area contributed by atoms with Crippen molar-refractivity contribution in [3.63, 3.8) is 0 Å². The Morgan fingerprint density at radius 3 is 2.47 bits per heavy atom. The third kappa shape index (κ3) is 3.28. The van der Waals surface area contributed by atoms with Gasteiger partial charge in [-0.1, -0.05) is 26.2 Å². The van der Waals surface area contributed by atoms with Gasteiger partial charge in [0.05, 0.1) is 11.2 Å². The smallest absolute Gasteiger partial charge is 0.113 e. The second-order valence-corrected chi connectivity index (χ2v) is 5.74. The van der Waals surface area contributed by atoms with Gasteiger partial charge in [-0.2, -0.15) is 0 Å². The molecule has 1 aromatic rings. The minimum atomic E-state index is -0.237.